The Labute approximate surface area is 113 Å². The van der Waals surface area contributed by atoms with Crippen molar-refractivity contribution in [3.63, 3.8) is 0 Å². The number of hydrogen-bond donors (Lipinski definition) is 1. The van der Waals surface area contributed by atoms with Gasteiger partial charge in [-0.15, -0.1) is 0 Å². The summed E-state index contributed by atoms with van der Waals surface area (Å²) in [6, 6.07) is 11.7. The molecule has 0 heterocycles. The van der Waals surface area contributed by atoms with Crippen LogP contribution >= 0.6 is 11.6 Å². The number of hydrogen-bond acceptors (Lipinski definition) is 1. The van der Waals surface area contributed by atoms with E-state index in [2.05, 4.69) is 0 Å². The van der Waals surface area contributed by atoms with E-state index in [4.69, 9.17) is 11.6 Å². The van der Waals surface area contributed by atoms with Gasteiger partial charge in [-0.05, 0) is 43.5 Å². The highest BCUT2D eigenvalue weighted by Crippen LogP contribution is 2.30. The summed E-state index contributed by atoms with van der Waals surface area (Å²) < 4.78 is 0. The minimum atomic E-state index is -0.670. The monoisotopic (exact) mass is 260 g/mol. The molecule has 1 unspecified atom stereocenters. The van der Waals surface area contributed by atoms with Crippen LogP contribution in [-0.4, -0.2) is 5.11 Å². The summed E-state index contributed by atoms with van der Waals surface area (Å²) in [5.41, 5.74) is 5.05. The fourth-order valence-corrected chi connectivity index (χ4v) is 2.35. The average Bonchev–Trinajstić information content (AvgIpc) is 2.33. The lowest BCUT2D eigenvalue weighted by Gasteiger charge is -2.15. The van der Waals surface area contributed by atoms with Crippen molar-refractivity contribution in [1.82, 2.24) is 0 Å². The Morgan fingerprint density at radius 2 is 1.67 bits per heavy atom. The predicted octanol–water partition coefficient (Wildman–Crippen LogP) is 4.35. The van der Waals surface area contributed by atoms with Crippen LogP contribution in [0.1, 0.15) is 33.9 Å². The molecule has 0 amide bonds. The molecule has 0 spiro atoms. The quantitative estimate of drug-likeness (QED) is 0.851. The van der Waals surface area contributed by atoms with Crippen molar-refractivity contribution in [1.29, 1.82) is 0 Å². The van der Waals surface area contributed by atoms with E-state index in [1.165, 1.54) is 0 Å². The number of aliphatic hydroxyl groups is 1. The number of halogens is 1. The average molecular weight is 261 g/mol. The van der Waals surface area contributed by atoms with Crippen molar-refractivity contribution < 1.29 is 5.11 Å². The van der Waals surface area contributed by atoms with E-state index in [1.54, 1.807) is 0 Å². The fourth-order valence-electron chi connectivity index (χ4n) is 2.03. The zero-order chi connectivity index (χ0) is 13.3. The molecule has 1 nitrogen and oxygen atoms in total. The Kier molecular flexibility index (Phi) is 3.74. The van der Waals surface area contributed by atoms with Gasteiger partial charge in [-0.2, -0.15) is 0 Å². The standard InChI is InChI=1S/C16H17ClO/c1-10-5-4-6-13(7-10)16(18)14-8-11(2)12(3)9-15(14)17/h4-9,16,18H,1-3H3. The van der Waals surface area contributed by atoms with E-state index >= 15 is 0 Å². The molecule has 0 aliphatic rings. The first-order valence-corrected chi connectivity index (χ1v) is 6.38. The highest BCUT2D eigenvalue weighted by Gasteiger charge is 2.15. The summed E-state index contributed by atoms with van der Waals surface area (Å²) >= 11 is 6.23. The molecule has 0 aliphatic heterocycles. The second-order valence-electron chi connectivity index (χ2n) is 4.77. The van der Waals surface area contributed by atoms with Crippen molar-refractivity contribution in [2.75, 3.05) is 0 Å². The third-order valence-corrected chi connectivity index (χ3v) is 3.59. The Morgan fingerprint density at radius 1 is 1.00 bits per heavy atom. The van der Waals surface area contributed by atoms with Crippen LogP contribution in [0.4, 0.5) is 0 Å². The van der Waals surface area contributed by atoms with Crippen LogP contribution in [0, 0.1) is 20.8 Å². The summed E-state index contributed by atoms with van der Waals surface area (Å²) in [6.07, 6.45) is -0.670. The largest absolute Gasteiger partial charge is 0.384 e. The molecule has 0 saturated carbocycles. The Hall–Kier alpha value is -1.31. The number of benzene rings is 2. The summed E-state index contributed by atoms with van der Waals surface area (Å²) in [7, 11) is 0. The van der Waals surface area contributed by atoms with E-state index in [9.17, 15) is 5.11 Å². The van der Waals surface area contributed by atoms with Crippen LogP contribution in [0.2, 0.25) is 5.02 Å². The second kappa shape index (κ2) is 5.13. The molecule has 1 N–H and O–H groups in total. The van der Waals surface area contributed by atoms with Gasteiger partial charge in [0.05, 0.1) is 0 Å². The molecule has 94 valence electrons. The zero-order valence-electron chi connectivity index (χ0n) is 10.9. The van der Waals surface area contributed by atoms with Crippen molar-refractivity contribution in [2.45, 2.75) is 26.9 Å². The van der Waals surface area contributed by atoms with Gasteiger partial charge in [0, 0.05) is 10.6 Å². The third-order valence-electron chi connectivity index (χ3n) is 3.27. The van der Waals surface area contributed by atoms with E-state index < -0.39 is 6.10 Å². The van der Waals surface area contributed by atoms with E-state index in [1.807, 2.05) is 57.2 Å². The van der Waals surface area contributed by atoms with Crippen LogP contribution < -0.4 is 0 Å². The molecular weight excluding hydrogens is 244 g/mol. The van der Waals surface area contributed by atoms with Gasteiger partial charge in [0.15, 0.2) is 0 Å². The third kappa shape index (κ3) is 2.58. The van der Waals surface area contributed by atoms with Crippen molar-refractivity contribution in [3.8, 4) is 0 Å². The number of aliphatic hydroxyl groups excluding tert-OH is 1. The molecular formula is C16H17ClO. The van der Waals surface area contributed by atoms with Crippen molar-refractivity contribution in [3.05, 3.63) is 69.2 Å². The first-order chi connectivity index (χ1) is 8.49. The Balaban J connectivity index is 2.46. The number of aryl methyl sites for hydroxylation is 3. The highest BCUT2D eigenvalue weighted by atomic mass is 35.5. The maximum Gasteiger partial charge on any atom is 0.106 e. The first kappa shape index (κ1) is 13.1. The topological polar surface area (TPSA) is 20.2 Å². The molecule has 0 aliphatic carbocycles. The van der Waals surface area contributed by atoms with Gasteiger partial charge in [-0.25, -0.2) is 0 Å². The lowest BCUT2D eigenvalue weighted by atomic mass is 9.97. The molecule has 2 aromatic rings. The van der Waals surface area contributed by atoms with E-state index in [0.717, 1.165) is 27.8 Å². The molecule has 0 saturated heterocycles. The molecule has 0 aromatic heterocycles. The van der Waals surface area contributed by atoms with Gasteiger partial charge in [0.25, 0.3) is 0 Å². The van der Waals surface area contributed by atoms with Crippen LogP contribution in [-0.2, 0) is 0 Å². The van der Waals surface area contributed by atoms with Gasteiger partial charge in [0.1, 0.15) is 6.10 Å². The van der Waals surface area contributed by atoms with Crippen LogP contribution in [0.15, 0.2) is 36.4 Å². The zero-order valence-corrected chi connectivity index (χ0v) is 11.6. The van der Waals surface area contributed by atoms with Gasteiger partial charge < -0.3 is 5.11 Å². The second-order valence-corrected chi connectivity index (χ2v) is 5.18. The maximum absolute atomic E-state index is 10.4. The highest BCUT2D eigenvalue weighted by molar-refractivity contribution is 6.31. The Bertz CT molecular complexity index is 575. The van der Waals surface area contributed by atoms with E-state index in [0.29, 0.717) is 5.02 Å². The predicted molar refractivity (Wildman–Crippen MR) is 76.2 cm³/mol. The SMILES string of the molecule is Cc1cccc(C(O)c2cc(C)c(C)cc2Cl)c1. The molecule has 0 radical (unpaired) electrons. The lowest BCUT2D eigenvalue weighted by Crippen LogP contribution is -2.02. The molecule has 2 heteroatoms. The maximum atomic E-state index is 10.4. The molecule has 0 bridgehead atoms. The summed E-state index contributed by atoms with van der Waals surface area (Å²) in [6.45, 7) is 6.06. The normalized spacial score (nSPS) is 12.5. The molecule has 2 aromatic carbocycles. The first-order valence-electron chi connectivity index (χ1n) is 6.00. The lowest BCUT2D eigenvalue weighted by molar-refractivity contribution is 0.220. The summed E-state index contributed by atoms with van der Waals surface area (Å²) in [5, 5.41) is 11.0. The molecule has 0 fully saturated rings. The summed E-state index contributed by atoms with van der Waals surface area (Å²) in [4.78, 5) is 0. The van der Waals surface area contributed by atoms with Gasteiger partial charge in [0.2, 0.25) is 0 Å². The van der Waals surface area contributed by atoms with E-state index in [-0.39, 0.29) is 0 Å². The van der Waals surface area contributed by atoms with Crippen molar-refractivity contribution >= 4 is 11.6 Å². The molecule has 2 rings (SSSR count). The van der Waals surface area contributed by atoms with Gasteiger partial charge in [-0.3, -0.25) is 0 Å². The molecule has 18 heavy (non-hydrogen) atoms. The van der Waals surface area contributed by atoms with Crippen molar-refractivity contribution in [2.24, 2.45) is 0 Å². The van der Waals surface area contributed by atoms with Gasteiger partial charge in [-0.1, -0.05) is 47.5 Å². The van der Waals surface area contributed by atoms with Gasteiger partial charge >= 0.3 is 0 Å². The minimum Gasteiger partial charge on any atom is -0.384 e. The Morgan fingerprint density at radius 3 is 2.33 bits per heavy atom. The fraction of sp³-hybridized carbons (Fsp3) is 0.250. The molecule has 1 atom stereocenters. The van der Waals surface area contributed by atoms with Crippen LogP contribution in [0.3, 0.4) is 0 Å². The van der Waals surface area contributed by atoms with Crippen LogP contribution in [0.5, 0.6) is 0 Å². The van der Waals surface area contributed by atoms with Crippen LogP contribution in [0.25, 0.3) is 0 Å². The smallest absolute Gasteiger partial charge is 0.106 e. The minimum absolute atomic E-state index is 0.618. The number of rotatable bonds is 2. The summed E-state index contributed by atoms with van der Waals surface area (Å²) in [5.74, 6) is 0.